The predicted octanol–water partition coefficient (Wildman–Crippen LogP) is 2.58. The molecular weight excluding hydrogens is 716 g/mol. The number of hydrogen-bond acceptors (Lipinski definition) is 10. The van der Waals surface area contributed by atoms with E-state index in [1.54, 1.807) is 137 Å². The summed E-state index contributed by atoms with van der Waals surface area (Å²) in [6.07, 6.45) is -4.47. The molecule has 0 aliphatic heterocycles. The number of amides is 4. The molecule has 2 heterocycles. The number of carbonyl (C=O) groups is 4. The van der Waals surface area contributed by atoms with Crippen LogP contribution < -0.4 is 21.3 Å². The van der Waals surface area contributed by atoms with Crippen molar-refractivity contribution in [1.29, 1.82) is 0 Å². The van der Waals surface area contributed by atoms with Crippen LogP contribution in [0.1, 0.15) is 50.2 Å². The van der Waals surface area contributed by atoms with E-state index in [1.807, 2.05) is 0 Å². The summed E-state index contributed by atoms with van der Waals surface area (Å²) in [7, 11) is 0. The number of benzene rings is 2. The van der Waals surface area contributed by atoms with E-state index in [1.165, 1.54) is 0 Å². The van der Waals surface area contributed by atoms with E-state index >= 15 is 0 Å². The van der Waals surface area contributed by atoms with Gasteiger partial charge in [0.2, 0.25) is 11.8 Å². The molecule has 6 atom stereocenters. The fourth-order valence-corrected chi connectivity index (χ4v) is 5.66. The predicted molar refractivity (Wildman–Crippen MR) is 208 cm³/mol. The van der Waals surface area contributed by atoms with Gasteiger partial charge in [0.05, 0.1) is 37.7 Å². The number of carbonyl (C=O) groups excluding carboxylic acids is 4. The van der Waals surface area contributed by atoms with Crippen molar-refractivity contribution >= 4 is 23.6 Å². The third-order valence-corrected chi connectivity index (χ3v) is 8.87. The van der Waals surface area contributed by atoms with Crippen LogP contribution in [0.5, 0.6) is 0 Å². The van der Waals surface area contributed by atoms with Crippen LogP contribution in [0, 0.1) is 11.8 Å². The Morgan fingerprint density at radius 2 is 0.893 bits per heavy atom. The van der Waals surface area contributed by atoms with Gasteiger partial charge in [0, 0.05) is 12.4 Å². The molecule has 2 aromatic heterocycles. The molecule has 6 N–H and O–H groups in total. The lowest BCUT2D eigenvalue weighted by molar-refractivity contribution is -0.171. The molecule has 0 aliphatic carbocycles. The van der Waals surface area contributed by atoms with Crippen molar-refractivity contribution in [2.45, 2.75) is 90.5 Å². The van der Waals surface area contributed by atoms with Crippen molar-refractivity contribution in [2.75, 3.05) is 0 Å². The van der Waals surface area contributed by atoms with Crippen LogP contribution in [0.2, 0.25) is 0 Å². The third-order valence-electron chi connectivity index (χ3n) is 8.87. The summed E-state index contributed by atoms with van der Waals surface area (Å²) in [6.45, 7) is 6.88. The number of rotatable bonds is 21. The van der Waals surface area contributed by atoms with Crippen LogP contribution in [-0.4, -0.2) is 80.3 Å². The molecule has 0 fully saturated rings. The summed E-state index contributed by atoms with van der Waals surface area (Å²) in [4.78, 5) is 63.1. The standard InChI is InChI=1S/C42H52N6O8/c1-27(2)33(39(51)45-23-31-19-11-13-21-43-31)47-41(53)37(55-25-29-15-7-5-8-16-29)35(49)36(50)38(56-26-30-17-9-6-10-18-30)42(54)48-34(28(3)4)40(52)46-24-32-20-12-14-22-44-32/h5-22,27-28,33-38,49-50H,23-26H2,1-4H3,(H,45,51)(H,46,52)(H,47,53)(H,48,54)/t33-,34-,35+,36+,37+,38+/m0/s1. The molecule has 0 saturated carbocycles. The molecule has 4 amide bonds. The van der Waals surface area contributed by atoms with E-state index in [2.05, 4.69) is 31.2 Å². The number of pyridine rings is 2. The molecule has 0 radical (unpaired) electrons. The van der Waals surface area contributed by atoms with Crippen molar-refractivity contribution in [3.05, 3.63) is 132 Å². The molecule has 0 spiro atoms. The summed E-state index contributed by atoms with van der Waals surface area (Å²) in [6, 6.07) is 26.2. The highest BCUT2D eigenvalue weighted by atomic mass is 16.5. The van der Waals surface area contributed by atoms with Gasteiger partial charge in [0.1, 0.15) is 24.3 Å². The Morgan fingerprint density at radius 3 is 1.21 bits per heavy atom. The van der Waals surface area contributed by atoms with E-state index < -0.39 is 72.0 Å². The Morgan fingerprint density at radius 1 is 0.536 bits per heavy atom. The Bertz CT molecular complexity index is 1670. The SMILES string of the molecule is CC(C)[C@H](NC(=O)[C@H](OCc1ccccc1)[C@H](O)[C@@H](O)[C@@H](OCc1ccccc1)C(=O)N[C@H](C(=O)NCc1ccccn1)C(C)C)C(=O)NCc1ccccn1. The lowest BCUT2D eigenvalue weighted by atomic mass is 9.98. The van der Waals surface area contributed by atoms with Crippen LogP contribution in [0.25, 0.3) is 0 Å². The van der Waals surface area contributed by atoms with Crippen LogP contribution in [0.4, 0.5) is 0 Å². The molecule has 56 heavy (non-hydrogen) atoms. The van der Waals surface area contributed by atoms with Gasteiger partial charge in [-0.15, -0.1) is 0 Å². The Labute approximate surface area is 327 Å². The van der Waals surface area contributed by atoms with Gasteiger partial charge in [-0.1, -0.05) is 100 Å². The lowest BCUT2D eigenvalue weighted by Gasteiger charge is -2.33. The average Bonchev–Trinajstić information content (AvgIpc) is 3.21. The van der Waals surface area contributed by atoms with Gasteiger partial charge in [-0.25, -0.2) is 0 Å². The number of aliphatic hydroxyl groups excluding tert-OH is 2. The van der Waals surface area contributed by atoms with Crippen molar-refractivity contribution < 1.29 is 38.9 Å². The van der Waals surface area contributed by atoms with Gasteiger partial charge in [-0.05, 0) is 47.2 Å². The van der Waals surface area contributed by atoms with Crippen molar-refractivity contribution in [3.8, 4) is 0 Å². The number of hydrogen-bond donors (Lipinski definition) is 6. The summed E-state index contributed by atoms with van der Waals surface area (Å²) >= 11 is 0. The minimum absolute atomic E-state index is 0.113. The average molecular weight is 769 g/mol. The maximum Gasteiger partial charge on any atom is 0.252 e. The third kappa shape index (κ3) is 13.3. The fraction of sp³-hybridized carbons (Fsp3) is 0.381. The maximum absolute atomic E-state index is 14.0. The van der Waals surface area contributed by atoms with Gasteiger partial charge in [-0.2, -0.15) is 0 Å². The van der Waals surface area contributed by atoms with Gasteiger partial charge in [-0.3, -0.25) is 29.1 Å². The zero-order chi connectivity index (χ0) is 40.5. The van der Waals surface area contributed by atoms with Crippen LogP contribution in [-0.2, 0) is 55.0 Å². The second-order valence-corrected chi connectivity index (χ2v) is 14.0. The molecule has 0 saturated heterocycles. The van der Waals surface area contributed by atoms with E-state index in [4.69, 9.17) is 9.47 Å². The monoisotopic (exact) mass is 768 g/mol. The molecule has 14 nitrogen and oxygen atoms in total. The fourth-order valence-electron chi connectivity index (χ4n) is 5.66. The second-order valence-electron chi connectivity index (χ2n) is 14.0. The quantitative estimate of drug-likeness (QED) is 0.0732. The molecule has 0 aliphatic rings. The molecule has 14 heteroatoms. The second kappa shape index (κ2) is 22.1. The number of nitrogens with one attached hydrogen (secondary N) is 4. The molecule has 4 rings (SSSR count). The summed E-state index contributed by atoms with van der Waals surface area (Å²) in [5, 5.41) is 34.4. The summed E-state index contributed by atoms with van der Waals surface area (Å²) in [5.74, 6) is -3.61. The number of aliphatic hydroxyl groups is 2. The number of nitrogens with zero attached hydrogens (tertiary/aromatic N) is 2. The topological polar surface area (TPSA) is 201 Å². The lowest BCUT2D eigenvalue weighted by Crippen LogP contribution is -2.60. The highest BCUT2D eigenvalue weighted by Crippen LogP contribution is 2.18. The first-order chi connectivity index (χ1) is 26.9. The Kier molecular flexibility index (Phi) is 17.1. The van der Waals surface area contributed by atoms with Crippen LogP contribution >= 0.6 is 0 Å². The van der Waals surface area contributed by atoms with Gasteiger partial charge < -0.3 is 41.0 Å². The highest BCUT2D eigenvalue weighted by Gasteiger charge is 2.43. The summed E-state index contributed by atoms with van der Waals surface area (Å²) < 4.78 is 11.9. The zero-order valence-corrected chi connectivity index (χ0v) is 32.1. The zero-order valence-electron chi connectivity index (χ0n) is 32.1. The van der Waals surface area contributed by atoms with Gasteiger partial charge in [0.25, 0.3) is 11.8 Å². The molecular formula is C42H52N6O8. The van der Waals surface area contributed by atoms with Crippen LogP contribution in [0.15, 0.2) is 109 Å². The molecule has 298 valence electrons. The molecule has 0 unspecified atom stereocenters. The molecule has 0 bridgehead atoms. The highest BCUT2D eigenvalue weighted by molar-refractivity contribution is 5.91. The van der Waals surface area contributed by atoms with E-state index in [-0.39, 0.29) is 26.3 Å². The van der Waals surface area contributed by atoms with E-state index in [0.717, 1.165) is 0 Å². The first-order valence-electron chi connectivity index (χ1n) is 18.6. The molecule has 2 aromatic carbocycles. The first kappa shape index (κ1) is 43.2. The maximum atomic E-state index is 14.0. The van der Waals surface area contributed by atoms with E-state index in [9.17, 15) is 29.4 Å². The normalized spacial score (nSPS) is 14.5. The minimum atomic E-state index is -2.05. The van der Waals surface area contributed by atoms with Crippen molar-refractivity contribution in [3.63, 3.8) is 0 Å². The van der Waals surface area contributed by atoms with E-state index in [0.29, 0.717) is 22.5 Å². The largest absolute Gasteiger partial charge is 0.387 e. The summed E-state index contributed by atoms with van der Waals surface area (Å²) in [5.41, 5.74) is 2.54. The van der Waals surface area contributed by atoms with Crippen molar-refractivity contribution in [1.82, 2.24) is 31.2 Å². The first-order valence-corrected chi connectivity index (χ1v) is 18.6. The van der Waals surface area contributed by atoms with Gasteiger partial charge in [0.15, 0.2) is 12.2 Å². The number of aromatic nitrogens is 2. The number of ether oxygens (including phenoxy) is 2. The van der Waals surface area contributed by atoms with Gasteiger partial charge >= 0.3 is 0 Å². The molecule has 4 aromatic rings. The Balaban J connectivity index is 1.57. The Hall–Kier alpha value is -5.54. The van der Waals surface area contributed by atoms with Crippen molar-refractivity contribution in [2.24, 2.45) is 11.8 Å². The minimum Gasteiger partial charge on any atom is -0.387 e. The smallest absolute Gasteiger partial charge is 0.252 e. The van der Waals surface area contributed by atoms with Crippen LogP contribution in [0.3, 0.4) is 0 Å².